The van der Waals surface area contributed by atoms with E-state index in [4.69, 9.17) is 0 Å². The van der Waals surface area contributed by atoms with Gasteiger partial charge in [0.2, 0.25) is 0 Å². The van der Waals surface area contributed by atoms with Crippen molar-refractivity contribution in [2.45, 2.75) is 26.4 Å². The van der Waals surface area contributed by atoms with Crippen LogP contribution < -0.4 is 0 Å². The second-order valence-corrected chi connectivity index (χ2v) is 5.19. The van der Waals surface area contributed by atoms with Crippen LogP contribution in [0.5, 0.6) is 0 Å². The zero-order valence-corrected chi connectivity index (χ0v) is 11.6. The summed E-state index contributed by atoms with van der Waals surface area (Å²) in [5.74, 6) is 1.24. The van der Waals surface area contributed by atoms with E-state index in [0.29, 0.717) is 5.92 Å². The lowest BCUT2D eigenvalue weighted by molar-refractivity contribution is 0.281. The van der Waals surface area contributed by atoms with E-state index in [1.807, 2.05) is 34.9 Å². The second kappa shape index (κ2) is 5.06. The standard InChI is InChI=1S/C16H17N3O/c1-11(2)13-5-3-4-6-14(13)16-18-17-15-8-7-12(10-20)9-19(15)16/h3-9,11,20H,10H2,1-2H3. The van der Waals surface area contributed by atoms with Gasteiger partial charge in [0.15, 0.2) is 11.5 Å². The normalized spacial score (nSPS) is 11.4. The summed E-state index contributed by atoms with van der Waals surface area (Å²) in [4.78, 5) is 0. The zero-order valence-electron chi connectivity index (χ0n) is 11.6. The second-order valence-electron chi connectivity index (χ2n) is 5.19. The van der Waals surface area contributed by atoms with Gasteiger partial charge in [-0.05, 0) is 23.1 Å². The number of aliphatic hydroxyl groups excluding tert-OH is 1. The van der Waals surface area contributed by atoms with Crippen molar-refractivity contribution >= 4 is 5.65 Å². The Balaban J connectivity index is 2.24. The smallest absolute Gasteiger partial charge is 0.168 e. The molecular weight excluding hydrogens is 250 g/mol. The van der Waals surface area contributed by atoms with E-state index >= 15 is 0 Å². The molecule has 4 heteroatoms. The molecule has 0 amide bonds. The number of hydrogen-bond donors (Lipinski definition) is 1. The van der Waals surface area contributed by atoms with Crippen molar-refractivity contribution in [3.8, 4) is 11.4 Å². The van der Waals surface area contributed by atoms with Crippen LogP contribution in [0.3, 0.4) is 0 Å². The van der Waals surface area contributed by atoms with Crippen LogP contribution in [0, 0.1) is 0 Å². The quantitative estimate of drug-likeness (QED) is 0.793. The Hall–Kier alpha value is -2.20. The lowest BCUT2D eigenvalue weighted by Gasteiger charge is -2.11. The highest BCUT2D eigenvalue weighted by atomic mass is 16.3. The average molecular weight is 267 g/mol. The van der Waals surface area contributed by atoms with Crippen molar-refractivity contribution in [1.29, 1.82) is 0 Å². The summed E-state index contributed by atoms with van der Waals surface area (Å²) in [5.41, 5.74) is 3.97. The minimum absolute atomic E-state index is 0.0133. The van der Waals surface area contributed by atoms with Gasteiger partial charge in [0.05, 0.1) is 6.61 Å². The Kier molecular flexibility index (Phi) is 3.24. The van der Waals surface area contributed by atoms with Gasteiger partial charge in [0.25, 0.3) is 0 Å². The molecule has 102 valence electrons. The number of rotatable bonds is 3. The summed E-state index contributed by atoms with van der Waals surface area (Å²) in [6.07, 6.45) is 1.89. The summed E-state index contributed by atoms with van der Waals surface area (Å²) >= 11 is 0. The summed E-state index contributed by atoms with van der Waals surface area (Å²) < 4.78 is 1.94. The minimum Gasteiger partial charge on any atom is -0.392 e. The Morgan fingerprint density at radius 1 is 1.10 bits per heavy atom. The molecule has 0 aliphatic carbocycles. The number of benzene rings is 1. The first-order chi connectivity index (χ1) is 9.70. The first kappa shape index (κ1) is 12.8. The lowest BCUT2D eigenvalue weighted by atomic mass is 9.97. The van der Waals surface area contributed by atoms with Gasteiger partial charge in [-0.15, -0.1) is 10.2 Å². The number of aliphatic hydroxyl groups is 1. The van der Waals surface area contributed by atoms with Gasteiger partial charge in [0.1, 0.15) is 0 Å². The molecule has 0 spiro atoms. The van der Waals surface area contributed by atoms with Crippen LogP contribution in [0.4, 0.5) is 0 Å². The number of hydrogen-bond acceptors (Lipinski definition) is 3. The third kappa shape index (κ3) is 2.08. The Bertz CT molecular complexity index is 746. The Labute approximate surface area is 117 Å². The molecule has 0 fully saturated rings. The van der Waals surface area contributed by atoms with E-state index in [1.54, 1.807) is 0 Å². The maximum Gasteiger partial charge on any atom is 0.168 e. The van der Waals surface area contributed by atoms with E-state index in [2.05, 4.69) is 36.2 Å². The zero-order chi connectivity index (χ0) is 14.1. The molecule has 2 aromatic heterocycles. The minimum atomic E-state index is 0.0133. The number of fused-ring (bicyclic) bond motifs is 1. The first-order valence-electron chi connectivity index (χ1n) is 6.74. The number of pyridine rings is 1. The van der Waals surface area contributed by atoms with E-state index in [-0.39, 0.29) is 6.61 Å². The van der Waals surface area contributed by atoms with Crippen molar-refractivity contribution < 1.29 is 5.11 Å². The molecule has 0 saturated heterocycles. The van der Waals surface area contributed by atoms with Gasteiger partial charge >= 0.3 is 0 Å². The van der Waals surface area contributed by atoms with E-state index in [0.717, 1.165) is 22.6 Å². The highest BCUT2D eigenvalue weighted by molar-refractivity contribution is 5.64. The average Bonchev–Trinajstić information content (AvgIpc) is 2.89. The Morgan fingerprint density at radius 3 is 2.65 bits per heavy atom. The van der Waals surface area contributed by atoms with Crippen molar-refractivity contribution in [3.63, 3.8) is 0 Å². The molecule has 4 nitrogen and oxygen atoms in total. The molecule has 0 unspecified atom stereocenters. The molecule has 3 aromatic rings. The molecule has 0 saturated carbocycles. The maximum absolute atomic E-state index is 9.28. The molecule has 0 bridgehead atoms. The molecule has 0 radical (unpaired) electrons. The molecule has 20 heavy (non-hydrogen) atoms. The largest absolute Gasteiger partial charge is 0.392 e. The summed E-state index contributed by atoms with van der Waals surface area (Å²) in [7, 11) is 0. The van der Waals surface area contributed by atoms with Crippen molar-refractivity contribution in [2.75, 3.05) is 0 Å². The molecule has 1 aromatic carbocycles. The van der Waals surface area contributed by atoms with Crippen LogP contribution in [0.15, 0.2) is 42.6 Å². The molecule has 2 heterocycles. The van der Waals surface area contributed by atoms with Crippen LogP contribution in [0.1, 0.15) is 30.9 Å². The summed E-state index contributed by atoms with van der Waals surface area (Å²) in [6.45, 7) is 4.35. The fourth-order valence-electron chi connectivity index (χ4n) is 2.42. The van der Waals surface area contributed by atoms with Crippen molar-refractivity contribution in [1.82, 2.24) is 14.6 Å². The van der Waals surface area contributed by atoms with Crippen molar-refractivity contribution in [3.05, 3.63) is 53.7 Å². The first-order valence-corrected chi connectivity index (χ1v) is 6.74. The van der Waals surface area contributed by atoms with Crippen LogP contribution in [0.2, 0.25) is 0 Å². The van der Waals surface area contributed by atoms with Crippen LogP contribution in [0.25, 0.3) is 17.0 Å². The van der Waals surface area contributed by atoms with Crippen LogP contribution in [-0.2, 0) is 6.61 Å². The summed E-state index contributed by atoms with van der Waals surface area (Å²) in [6, 6.07) is 12.0. The topological polar surface area (TPSA) is 50.4 Å². The molecule has 0 aliphatic rings. The molecule has 0 aliphatic heterocycles. The van der Waals surface area contributed by atoms with Gasteiger partial charge in [0, 0.05) is 11.8 Å². The fourth-order valence-corrected chi connectivity index (χ4v) is 2.42. The van der Waals surface area contributed by atoms with E-state index in [1.165, 1.54) is 5.56 Å². The third-order valence-electron chi connectivity index (χ3n) is 3.47. The summed E-state index contributed by atoms with van der Waals surface area (Å²) in [5, 5.41) is 17.8. The molecule has 1 N–H and O–H groups in total. The molecule has 0 atom stereocenters. The highest BCUT2D eigenvalue weighted by Crippen LogP contribution is 2.28. The van der Waals surface area contributed by atoms with Crippen LogP contribution in [-0.4, -0.2) is 19.7 Å². The van der Waals surface area contributed by atoms with Gasteiger partial charge in [-0.25, -0.2) is 0 Å². The number of nitrogens with zero attached hydrogens (tertiary/aromatic N) is 3. The predicted octanol–water partition coefficient (Wildman–Crippen LogP) is 3.01. The lowest BCUT2D eigenvalue weighted by Crippen LogP contribution is -1.97. The van der Waals surface area contributed by atoms with E-state index in [9.17, 15) is 5.11 Å². The van der Waals surface area contributed by atoms with Crippen molar-refractivity contribution in [2.24, 2.45) is 0 Å². The van der Waals surface area contributed by atoms with Gasteiger partial charge < -0.3 is 5.11 Å². The molecular formula is C16H17N3O. The monoisotopic (exact) mass is 267 g/mol. The van der Waals surface area contributed by atoms with Gasteiger partial charge in [-0.2, -0.15) is 0 Å². The van der Waals surface area contributed by atoms with Crippen LogP contribution >= 0.6 is 0 Å². The fraction of sp³-hybridized carbons (Fsp3) is 0.250. The highest BCUT2D eigenvalue weighted by Gasteiger charge is 2.13. The number of aromatic nitrogens is 3. The Morgan fingerprint density at radius 2 is 1.90 bits per heavy atom. The third-order valence-corrected chi connectivity index (χ3v) is 3.47. The van der Waals surface area contributed by atoms with Gasteiger partial charge in [-0.3, -0.25) is 4.40 Å². The maximum atomic E-state index is 9.28. The predicted molar refractivity (Wildman–Crippen MR) is 78.4 cm³/mol. The van der Waals surface area contributed by atoms with Gasteiger partial charge in [-0.1, -0.05) is 44.2 Å². The van der Waals surface area contributed by atoms with E-state index < -0.39 is 0 Å². The molecule has 3 rings (SSSR count). The SMILES string of the molecule is CC(C)c1ccccc1-c1nnc2ccc(CO)cn12.